The Kier molecular flexibility index (Phi) is 4.51. The van der Waals surface area contributed by atoms with Crippen LogP contribution in [0.1, 0.15) is 18.5 Å². The average molecular weight is 349 g/mol. The molecule has 7 heteroatoms. The number of hydrogen-bond acceptors (Lipinski definition) is 6. The molecule has 1 saturated heterocycles. The Bertz CT molecular complexity index is 875. The number of piperidine rings is 1. The van der Waals surface area contributed by atoms with Gasteiger partial charge in [-0.15, -0.1) is 0 Å². The minimum Gasteiger partial charge on any atom is -0.367 e. The average Bonchev–Trinajstić information content (AvgIpc) is 3.09. The molecule has 0 saturated carbocycles. The lowest BCUT2D eigenvalue weighted by Crippen LogP contribution is -2.42. The highest BCUT2D eigenvalue weighted by molar-refractivity contribution is 5.56. The van der Waals surface area contributed by atoms with E-state index in [4.69, 9.17) is 4.98 Å². The fraction of sp³-hybridized carbons (Fsp3) is 0.368. The zero-order valence-corrected chi connectivity index (χ0v) is 15.1. The van der Waals surface area contributed by atoms with Crippen molar-refractivity contribution < 1.29 is 0 Å². The molecule has 0 aromatic carbocycles. The molecule has 0 radical (unpaired) electrons. The quantitative estimate of drug-likeness (QED) is 0.781. The summed E-state index contributed by atoms with van der Waals surface area (Å²) in [5.74, 6) is 1.58. The van der Waals surface area contributed by atoms with Crippen molar-refractivity contribution in [3.8, 4) is 11.4 Å². The normalized spacial score (nSPS) is 17.3. The van der Waals surface area contributed by atoms with E-state index in [1.54, 1.807) is 12.4 Å². The molecule has 0 bridgehead atoms. The fourth-order valence-electron chi connectivity index (χ4n) is 3.38. The van der Waals surface area contributed by atoms with Crippen LogP contribution in [0.2, 0.25) is 0 Å². The van der Waals surface area contributed by atoms with Crippen LogP contribution in [0.25, 0.3) is 11.4 Å². The summed E-state index contributed by atoms with van der Waals surface area (Å²) in [5.41, 5.74) is 3.05. The summed E-state index contributed by atoms with van der Waals surface area (Å²) in [4.78, 5) is 15.8. The first-order valence-corrected chi connectivity index (χ1v) is 8.93. The number of aromatic nitrogens is 5. The van der Waals surface area contributed by atoms with Gasteiger partial charge in [-0.3, -0.25) is 9.67 Å². The third kappa shape index (κ3) is 3.66. The van der Waals surface area contributed by atoms with E-state index in [0.29, 0.717) is 11.9 Å². The summed E-state index contributed by atoms with van der Waals surface area (Å²) in [6.07, 6.45) is 9.82. The summed E-state index contributed by atoms with van der Waals surface area (Å²) in [5, 5.41) is 7.88. The summed E-state index contributed by atoms with van der Waals surface area (Å²) in [7, 11) is 1.95. The van der Waals surface area contributed by atoms with E-state index >= 15 is 0 Å². The van der Waals surface area contributed by atoms with Crippen molar-refractivity contribution >= 4 is 11.5 Å². The van der Waals surface area contributed by atoms with E-state index < -0.39 is 0 Å². The van der Waals surface area contributed by atoms with Crippen molar-refractivity contribution in [1.29, 1.82) is 0 Å². The Morgan fingerprint density at radius 1 is 1.23 bits per heavy atom. The topological polar surface area (TPSA) is 71.8 Å². The molecule has 7 nitrogen and oxygen atoms in total. The second-order valence-corrected chi connectivity index (χ2v) is 6.76. The second kappa shape index (κ2) is 7.11. The monoisotopic (exact) mass is 349 g/mol. The van der Waals surface area contributed by atoms with Crippen LogP contribution in [0.15, 0.2) is 43.0 Å². The number of nitrogens with zero attached hydrogens (tertiary/aromatic N) is 6. The van der Waals surface area contributed by atoms with Gasteiger partial charge in [-0.25, -0.2) is 9.97 Å². The van der Waals surface area contributed by atoms with Crippen LogP contribution >= 0.6 is 0 Å². The summed E-state index contributed by atoms with van der Waals surface area (Å²) < 4.78 is 1.85. The zero-order chi connectivity index (χ0) is 17.9. The minimum atomic E-state index is 0.347. The van der Waals surface area contributed by atoms with Gasteiger partial charge in [0, 0.05) is 62.1 Å². The first kappa shape index (κ1) is 16.5. The molecule has 1 unspecified atom stereocenters. The first-order valence-electron chi connectivity index (χ1n) is 8.93. The van der Waals surface area contributed by atoms with Gasteiger partial charge in [-0.2, -0.15) is 5.10 Å². The second-order valence-electron chi connectivity index (χ2n) is 6.76. The third-order valence-electron chi connectivity index (χ3n) is 4.60. The molecule has 1 aliphatic heterocycles. The molecule has 0 amide bonds. The molecule has 26 heavy (non-hydrogen) atoms. The van der Waals surface area contributed by atoms with Crippen LogP contribution in [0, 0.1) is 6.92 Å². The largest absolute Gasteiger partial charge is 0.367 e. The molecule has 4 heterocycles. The maximum Gasteiger partial charge on any atom is 0.163 e. The van der Waals surface area contributed by atoms with Gasteiger partial charge in [0.1, 0.15) is 5.82 Å². The minimum absolute atomic E-state index is 0.347. The Labute approximate surface area is 153 Å². The van der Waals surface area contributed by atoms with Crippen molar-refractivity contribution in [1.82, 2.24) is 24.7 Å². The maximum absolute atomic E-state index is 4.70. The Morgan fingerprint density at radius 2 is 2.15 bits per heavy atom. The van der Waals surface area contributed by atoms with Crippen LogP contribution in [0.4, 0.5) is 11.5 Å². The lowest BCUT2D eigenvalue weighted by Gasteiger charge is -2.34. The molecule has 3 aromatic heterocycles. The van der Waals surface area contributed by atoms with Crippen LogP contribution in [0.3, 0.4) is 0 Å². The highest BCUT2D eigenvalue weighted by atomic mass is 15.3. The van der Waals surface area contributed by atoms with Crippen molar-refractivity contribution in [3.05, 3.63) is 48.7 Å². The van der Waals surface area contributed by atoms with Gasteiger partial charge in [0.15, 0.2) is 5.82 Å². The number of nitrogens with one attached hydrogen (secondary N) is 1. The van der Waals surface area contributed by atoms with Gasteiger partial charge in [0.2, 0.25) is 0 Å². The first-order chi connectivity index (χ1) is 12.7. The SMILES string of the molecule is Cc1cc(NC2CCCN(c3cnn(C)c3)C2)nc(-c2cccnc2)n1. The Hall–Kier alpha value is -2.96. The lowest BCUT2D eigenvalue weighted by molar-refractivity contribution is 0.529. The number of anilines is 2. The molecule has 1 atom stereocenters. The number of pyridine rings is 1. The van der Waals surface area contributed by atoms with Gasteiger partial charge < -0.3 is 10.2 Å². The fourth-order valence-corrected chi connectivity index (χ4v) is 3.38. The molecular weight excluding hydrogens is 326 g/mol. The number of aryl methyl sites for hydroxylation is 2. The van der Waals surface area contributed by atoms with Crippen LogP contribution < -0.4 is 10.2 Å². The standard InChI is InChI=1S/C19H23N7/c1-14-9-18(24-19(22-14)15-5-3-7-20-10-15)23-16-6-4-8-26(12-16)17-11-21-25(2)13-17/h3,5,7,9-11,13,16H,4,6,8,12H2,1-2H3,(H,22,23,24). The summed E-state index contributed by atoms with van der Waals surface area (Å²) in [6, 6.07) is 6.24. The van der Waals surface area contributed by atoms with Crippen molar-refractivity contribution in [2.45, 2.75) is 25.8 Å². The van der Waals surface area contributed by atoms with Crippen LogP contribution in [-0.2, 0) is 7.05 Å². The van der Waals surface area contributed by atoms with Crippen molar-refractivity contribution in [2.75, 3.05) is 23.3 Å². The van der Waals surface area contributed by atoms with E-state index in [1.807, 2.05) is 43.0 Å². The van der Waals surface area contributed by atoms with E-state index in [-0.39, 0.29) is 0 Å². The molecule has 134 valence electrons. The molecule has 0 spiro atoms. The molecular formula is C19H23N7. The van der Waals surface area contributed by atoms with Gasteiger partial charge in [-0.05, 0) is 31.9 Å². The highest BCUT2D eigenvalue weighted by Gasteiger charge is 2.21. The Morgan fingerprint density at radius 3 is 2.92 bits per heavy atom. The van der Waals surface area contributed by atoms with Gasteiger partial charge >= 0.3 is 0 Å². The zero-order valence-electron chi connectivity index (χ0n) is 15.1. The van der Waals surface area contributed by atoms with Gasteiger partial charge in [0.25, 0.3) is 0 Å². The maximum atomic E-state index is 4.70. The Balaban J connectivity index is 1.51. The number of rotatable bonds is 4. The van der Waals surface area contributed by atoms with Gasteiger partial charge in [-0.1, -0.05) is 0 Å². The van der Waals surface area contributed by atoms with Gasteiger partial charge in [0.05, 0.1) is 11.9 Å². The van der Waals surface area contributed by atoms with E-state index in [1.165, 1.54) is 5.69 Å². The van der Waals surface area contributed by atoms with E-state index in [0.717, 1.165) is 43.0 Å². The molecule has 0 aliphatic carbocycles. The van der Waals surface area contributed by atoms with E-state index in [2.05, 4.69) is 31.5 Å². The van der Waals surface area contributed by atoms with Crippen molar-refractivity contribution in [3.63, 3.8) is 0 Å². The van der Waals surface area contributed by atoms with E-state index in [9.17, 15) is 0 Å². The van der Waals surface area contributed by atoms with Crippen molar-refractivity contribution in [2.24, 2.45) is 7.05 Å². The van der Waals surface area contributed by atoms with Crippen LogP contribution in [-0.4, -0.2) is 43.9 Å². The molecule has 4 rings (SSSR count). The number of hydrogen-bond donors (Lipinski definition) is 1. The lowest BCUT2D eigenvalue weighted by atomic mass is 10.1. The summed E-state index contributed by atoms with van der Waals surface area (Å²) in [6.45, 7) is 4.00. The molecule has 3 aromatic rings. The molecule has 1 fully saturated rings. The third-order valence-corrected chi connectivity index (χ3v) is 4.60. The molecule has 1 aliphatic rings. The predicted molar refractivity (Wildman–Crippen MR) is 102 cm³/mol. The highest BCUT2D eigenvalue weighted by Crippen LogP contribution is 2.22. The smallest absolute Gasteiger partial charge is 0.163 e. The predicted octanol–water partition coefficient (Wildman–Crippen LogP) is 2.66. The summed E-state index contributed by atoms with van der Waals surface area (Å²) >= 11 is 0. The molecule has 1 N–H and O–H groups in total. The van der Waals surface area contributed by atoms with Crippen LogP contribution in [0.5, 0.6) is 0 Å².